The molecule has 19 heavy (non-hydrogen) atoms. The highest BCUT2D eigenvalue weighted by molar-refractivity contribution is 6.36. The molecule has 0 amide bonds. The Hall–Kier alpha value is -0.350. The molecule has 5 heteroatoms. The monoisotopic (exact) mass is 305 g/mol. The van der Waals surface area contributed by atoms with Crippen LogP contribution in [0.4, 0.5) is 4.39 Å². The molecule has 0 spiro atoms. The van der Waals surface area contributed by atoms with Gasteiger partial charge in [-0.3, -0.25) is 0 Å². The Labute approximate surface area is 122 Å². The summed E-state index contributed by atoms with van der Waals surface area (Å²) in [6.45, 7) is 2.09. The molecule has 2 rings (SSSR count). The Morgan fingerprint density at radius 2 is 2.16 bits per heavy atom. The molecular weight excluding hydrogens is 288 g/mol. The van der Waals surface area contributed by atoms with E-state index in [1.54, 1.807) is 0 Å². The van der Waals surface area contributed by atoms with Gasteiger partial charge in [-0.25, -0.2) is 4.39 Å². The lowest BCUT2D eigenvalue weighted by molar-refractivity contribution is 0.200. The molecule has 3 unspecified atom stereocenters. The van der Waals surface area contributed by atoms with E-state index in [1.807, 2.05) is 6.92 Å². The zero-order valence-electron chi connectivity index (χ0n) is 10.8. The topological polar surface area (TPSA) is 32.3 Å². The number of benzene rings is 1. The highest BCUT2D eigenvalue weighted by Crippen LogP contribution is 2.34. The van der Waals surface area contributed by atoms with Crippen LogP contribution < -0.4 is 5.32 Å². The van der Waals surface area contributed by atoms with E-state index >= 15 is 0 Å². The SMILES string of the molecule is CC(NC1CCCC1CO)c1c(Cl)ccc(F)c1Cl. The van der Waals surface area contributed by atoms with E-state index < -0.39 is 5.82 Å². The van der Waals surface area contributed by atoms with Crippen LogP contribution in [0, 0.1) is 11.7 Å². The summed E-state index contributed by atoms with van der Waals surface area (Å²) in [5.74, 6) is -0.201. The first-order valence-corrected chi connectivity index (χ1v) is 7.30. The summed E-state index contributed by atoms with van der Waals surface area (Å²) in [6, 6.07) is 2.88. The van der Waals surface area contributed by atoms with E-state index in [1.165, 1.54) is 12.1 Å². The van der Waals surface area contributed by atoms with Gasteiger partial charge in [0.25, 0.3) is 0 Å². The molecule has 0 radical (unpaired) electrons. The van der Waals surface area contributed by atoms with Gasteiger partial charge in [0.05, 0.1) is 5.02 Å². The minimum absolute atomic E-state index is 0.0750. The molecule has 0 aromatic heterocycles. The van der Waals surface area contributed by atoms with Gasteiger partial charge in [0.1, 0.15) is 5.82 Å². The van der Waals surface area contributed by atoms with Crippen molar-refractivity contribution in [2.24, 2.45) is 5.92 Å². The van der Waals surface area contributed by atoms with E-state index in [0.717, 1.165) is 19.3 Å². The summed E-state index contributed by atoms with van der Waals surface area (Å²) in [7, 11) is 0. The molecule has 1 fully saturated rings. The predicted octanol–water partition coefficient (Wildman–Crippen LogP) is 3.94. The lowest BCUT2D eigenvalue weighted by atomic mass is 10.0. The molecule has 1 aromatic carbocycles. The van der Waals surface area contributed by atoms with Gasteiger partial charge >= 0.3 is 0 Å². The van der Waals surface area contributed by atoms with E-state index in [0.29, 0.717) is 10.6 Å². The minimum Gasteiger partial charge on any atom is -0.396 e. The maximum absolute atomic E-state index is 13.5. The third-order valence-electron chi connectivity index (χ3n) is 3.87. The molecule has 0 heterocycles. The molecule has 1 aliphatic rings. The van der Waals surface area contributed by atoms with Gasteiger partial charge in [-0.05, 0) is 37.8 Å². The standard InChI is InChI=1S/C14H18Cl2FNO/c1-8(18-12-4-2-3-9(12)7-19)13-10(15)5-6-11(17)14(13)16/h5-6,8-9,12,18-19H,2-4,7H2,1H3. The van der Waals surface area contributed by atoms with Crippen LogP contribution in [0.2, 0.25) is 10.0 Å². The number of hydrogen-bond acceptors (Lipinski definition) is 2. The van der Waals surface area contributed by atoms with Gasteiger partial charge in [-0.1, -0.05) is 29.6 Å². The lowest BCUT2D eigenvalue weighted by Crippen LogP contribution is -2.36. The second-order valence-corrected chi connectivity index (χ2v) is 5.91. The van der Waals surface area contributed by atoms with Crippen molar-refractivity contribution >= 4 is 23.2 Å². The fourth-order valence-electron chi connectivity index (χ4n) is 2.82. The molecule has 1 saturated carbocycles. The average Bonchev–Trinajstić information content (AvgIpc) is 2.81. The maximum Gasteiger partial charge on any atom is 0.142 e. The number of aliphatic hydroxyl groups excluding tert-OH is 1. The first kappa shape index (κ1) is 15.0. The van der Waals surface area contributed by atoms with Crippen LogP contribution in [0.3, 0.4) is 0 Å². The van der Waals surface area contributed by atoms with Crippen LogP contribution in [0.25, 0.3) is 0 Å². The Morgan fingerprint density at radius 1 is 1.42 bits per heavy atom. The highest BCUT2D eigenvalue weighted by Gasteiger charge is 2.29. The fraction of sp³-hybridized carbons (Fsp3) is 0.571. The number of hydrogen-bond donors (Lipinski definition) is 2. The summed E-state index contributed by atoms with van der Waals surface area (Å²) >= 11 is 12.1. The summed E-state index contributed by atoms with van der Waals surface area (Å²) in [5, 5.41) is 13.3. The highest BCUT2D eigenvalue weighted by atomic mass is 35.5. The Kier molecular flexibility index (Phi) is 5.07. The second-order valence-electron chi connectivity index (χ2n) is 5.13. The number of nitrogens with one attached hydrogen (secondary N) is 1. The van der Waals surface area contributed by atoms with Crippen LogP contribution in [0.15, 0.2) is 12.1 Å². The van der Waals surface area contributed by atoms with Gasteiger partial charge in [0, 0.05) is 29.3 Å². The zero-order valence-corrected chi connectivity index (χ0v) is 12.3. The molecule has 3 atom stereocenters. The normalized spacial score (nSPS) is 24.7. The second kappa shape index (κ2) is 6.40. The van der Waals surface area contributed by atoms with Gasteiger partial charge in [0.2, 0.25) is 0 Å². The van der Waals surface area contributed by atoms with Crippen molar-refractivity contribution in [3.8, 4) is 0 Å². The van der Waals surface area contributed by atoms with E-state index in [4.69, 9.17) is 23.2 Å². The van der Waals surface area contributed by atoms with Crippen molar-refractivity contribution in [2.75, 3.05) is 6.61 Å². The third-order valence-corrected chi connectivity index (χ3v) is 4.58. The van der Waals surface area contributed by atoms with Gasteiger partial charge in [-0.2, -0.15) is 0 Å². The first-order valence-electron chi connectivity index (χ1n) is 6.55. The van der Waals surface area contributed by atoms with Crippen LogP contribution in [-0.4, -0.2) is 17.8 Å². The molecule has 0 saturated heterocycles. The largest absolute Gasteiger partial charge is 0.396 e. The average molecular weight is 306 g/mol. The van der Waals surface area contributed by atoms with Gasteiger partial charge < -0.3 is 10.4 Å². The Morgan fingerprint density at radius 3 is 2.84 bits per heavy atom. The number of aliphatic hydroxyl groups is 1. The van der Waals surface area contributed by atoms with Gasteiger partial charge in [-0.15, -0.1) is 0 Å². The first-order chi connectivity index (χ1) is 9.04. The summed E-state index contributed by atoms with van der Waals surface area (Å²) in [4.78, 5) is 0. The lowest BCUT2D eigenvalue weighted by Gasteiger charge is -2.25. The van der Waals surface area contributed by atoms with Crippen LogP contribution in [0.5, 0.6) is 0 Å². The molecule has 2 nitrogen and oxygen atoms in total. The Balaban J connectivity index is 2.16. The van der Waals surface area contributed by atoms with Crippen molar-refractivity contribution in [1.82, 2.24) is 5.32 Å². The molecule has 0 bridgehead atoms. The summed E-state index contributed by atoms with van der Waals surface area (Å²) in [5.41, 5.74) is 0.590. The van der Waals surface area contributed by atoms with Crippen molar-refractivity contribution < 1.29 is 9.50 Å². The maximum atomic E-state index is 13.5. The van der Waals surface area contributed by atoms with Crippen molar-refractivity contribution in [3.63, 3.8) is 0 Å². The fourth-order valence-corrected chi connectivity index (χ4v) is 3.52. The quantitative estimate of drug-likeness (QED) is 0.826. The van der Waals surface area contributed by atoms with E-state index in [9.17, 15) is 9.50 Å². The minimum atomic E-state index is -0.458. The van der Waals surface area contributed by atoms with E-state index in [2.05, 4.69) is 5.32 Å². The Bertz CT molecular complexity index is 455. The van der Waals surface area contributed by atoms with Gasteiger partial charge in [0.15, 0.2) is 0 Å². The zero-order chi connectivity index (χ0) is 14.0. The van der Waals surface area contributed by atoms with Crippen LogP contribution >= 0.6 is 23.2 Å². The summed E-state index contributed by atoms with van der Waals surface area (Å²) in [6.07, 6.45) is 3.13. The molecule has 106 valence electrons. The van der Waals surface area contributed by atoms with Crippen molar-refractivity contribution in [1.29, 1.82) is 0 Å². The molecular formula is C14H18Cl2FNO. The van der Waals surface area contributed by atoms with Crippen LogP contribution in [-0.2, 0) is 0 Å². The molecule has 0 aliphatic heterocycles. The van der Waals surface area contributed by atoms with Crippen LogP contribution in [0.1, 0.15) is 37.8 Å². The number of rotatable bonds is 4. The molecule has 1 aliphatic carbocycles. The molecule has 1 aromatic rings. The molecule has 2 N–H and O–H groups in total. The third kappa shape index (κ3) is 3.22. The smallest absolute Gasteiger partial charge is 0.142 e. The summed E-state index contributed by atoms with van der Waals surface area (Å²) < 4.78 is 13.5. The van der Waals surface area contributed by atoms with Crippen molar-refractivity contribution in [2.45, 2.75) is 38.3 Å². The van der Waals surface area contributed by atoms with E-state index in [-0.39, 0.29) is 29.6 Å². The number of halogens is 3. The predicted molar refractivity (Wildman–Crippen MR) is 76.2 cm³/mol. The van der Waals surface area contributed by atoms with Crippen molar-refractivity contribution in [3.05, 3.63) is 33.6 Å².